The SMILES string of the molecule is COc1cccc(NC(=O)COC(=O)COc2ccccc2C(C)C)c1. The molecule has 26 heavy (non-hydrogen) atoms. The molecule has 0 aliphatic carbocycles. The largest absolute Gasteiger partial charge is 0.497 e. The van der Waals surface area contributed by atoms with Crippen LogP contribution in [0.3, 0.4) is 0 Å². The smallest absolute Gasteiger partial charge is 0.344 e. The van der Waals surface area contributed by atoms with Gasteiger partial charge in [-0.1, -0.05) is 38.1 Å². The van der Waals surface area contributed by atoms with Crippen molar-refractivity contribution in [2.24, 2.45) is 0 Å². The molecule has 0 spiro atoms. The fourth-order valence-corrected chi connectivity index (χ4v) is 2.31. The molecule has 0 saturated carbocycles. The lowest BCUT2D eigenvalue weighted by Gasteiger charge is -2.13. The second kappa shape index (κ2) is 9.46. The highest BCUT2D eigenvalue weighted by molar-refractivity contribution is 5.93. The highest BCUT2D eigenvalue weighted by Gasteiger charge is 2.12. The number of hydrogen-bond donors (Lipinski definition) is 1. The van der Waals surface area contributed by atoms with E-state index in [9.17, 15) is 9.59 Å². The van der Waals surface area contributed by atoms with Gasteiger partial charge in [0, 0.05) is 11.8 Å². The first-order chi connectivity index (χ1) is 12.5. The van der Waals surface area contributed by atoms with Crippen molar-refractivity contribution in [3.8, 4) is 11.5 Å². The number of methoxy groups -OCH3 is 1. The third kappa shape index (κ3) is 5.81. The predicted octanol–water partition coefficient (Wildman–Crippen LogP) is 3.38. The minimum atomic E-state index is -0.607. The Balaban J connectivity index is 1.79. The van der Waals surface area contributed by atoms with Crippen molar-refractivity contribution in [3.05, 3.63) is 54.1 Å². The van der Waals surface area contributed by atoms with Gasteiger partial charge in [0.2, 0.25) is 0 Å². The second-order valence-corrected chi connectivity index (χ2v) is 5.92. The third-order valence-corrected chi connectivity index (χ3v) is 3.60. The van der Waals surface area contributed by atoms with E-state index in [4.69, 9.17) is 14.2 Å². The number of para-hydroxylation sites is 1. The van der Waals surface area contributed by atoms with Crippen molar-refractivity contribution in [1.29, 1.82) is 0 Å². The van der Waals surface area contributed by atoms with E-state index in [2.05, 4.69) is 5.32 Å². The van der Waals surface area contributed by atoms with E-state index in [1.165, 1.54) is 0 Å². The molecule has 0 aliphatic heterocycles. The molecule has 0 bridgehead atoms. The van der Waals surface area contributed by atoms with Gasteiger partial charge in [0.05, 0.1) is 7.11 Å². The van der Waals surface area contributed by atoms with Crippen LogP contribution in [0, 0.1) is 0 Å². The monoisotopic (exact) mass is 357 g/mol. The average molecular weight is 357 g/mol. The predicted molar refractivity (Wildman–Crippen MR) is 98.6 cm³/mol. The number of benzene rings is 2. The maximum atomic E-state index is 11.9. The van der Waals surface area contributed by atoms with Crippen LogP contribution in [0.15, 0.2) is 48.5 Å². The number of anilines is 1. The number of esters is 1. The van der Waals surface area contributed by atoms with Gasteiger partial charge >= 0.3 is 5.97 Å². The molecular formula is C20H23NO5. The Morgan fingerprint density at radius 3 is 2.54 bits per heavy atom. The maximum Gasteiger partial charge on any atom is 0.344 e. The summed E-state index contributed by atoms with van der Waals surface area (Å²) in [5.74, 6) is 0.492. The van der Waals surface area contributed by atoms with Gasteiger partial charge in [0.1, 0.15) is 11.5 Å². The number of carbonyl (C=O) groups is 2. The fraction of sp³-hybridized carbons (Fsp3) is 0.300. The standard InChI is InChI=1S/C20H23NO5/c1-14(2)17-9-4-5-10-18(17)25-13-20(23)26-12-19(22)21-15-7-6-8-16(11-15)24-3/h4-11,14H,12-13H2,1-3H3,(H,21,22). The molecule has 2 aromatic carbocycles. The lowest BCUT2D eigenvalue weighted by molar-refractivity contribution is -0.149. The van der Waals surface area contributed by atoms with E-state index < -0.39 is 11.9 Å². The fourth-order valence-electron chi connectivity index (χ4n) is 2.31. The van der Waals surface area contributed by atoms with Crippen molar-refractivity contribution in [1.82, 2.24) is 0 Å². The molecule has 0 aliphatic rings. The molecule has 138 valence electrons. The van der Waals surface area contributed by atoms with Gasteiger partial charge in [0.15, 0.2) is 13.2 Å². The molecular weight excluding hydrogens is 334 g/mol. The topological polar surface area (TPSA) is 73.9 Å². The molecule has 1 N–H and O–H groups in total. The van der Waals surface area contributed by atoms with E-state index >= 15 is 0 Å². The quantitative estimate of drug-likeness (QED) is 0.733. The van der Waals surface area contributed by atoms with Gasteiger partial charge in [-0.2, -0.15) is 0 Å². The van der Waals surface area contributed by atoms with Crippen molar-refractivity contribution >= 4 is 17.6 Å². The number of hydrogen-bond acceptors (Lipinski definition) is 5. The van der Waals surface area contributed by atoms with Gasteiger partial charge < -0.3 is 19.5 Å². The van der Waals surface area contributed by atoms with Crippen LogP contribution in [0.5, 0.6) is 11.5 Å². The zero-order valence-electron chi connectivity index (χ0n) is 15.2. The van der Waals surface area contributed by atoms with Crippen LogP contribution in [0.2, 0.25) is 0 Å². The highest BCUT2D eigenvalue weighted by Crippen LogP contribution is 2.25. The number of carbonyl (C=O) groups excluding carboxylic acids is 2. The molecule has 0 atom stereocenters. The molecule has 0 fully saturated rings. The van der Waals surface area contributed by atoms with Gasteiger partial charge in [-0.15, -0.1) is 0 Å². The first-order valence-corrected chi connectivity index (χ1v) is 8.31. The maximum absolute atomic E-state index is 11.9. The summed E-state index contributed by atoms with van der Waals surface area (Å²) < 4.78 is 15.5. The summed E-state index contributed by atoms with van der Waals surface area (Å²) in [6.45, 7) is 3.45. The number of rotatable bonds is 8. The van der Waals surface area contributed by atoms with Gasteiger partial charge in [-0.3, -0.25) is 4.79 Å². The number of nitrogens with one attached hydrogen (secondary N) is 1. The van der Waals surface area contributed by atoms with Crippen LogP contribution in [-0.4, -0.2) is 32.2 Å². The van der Waals surface area contributed by atoms with Crippen molar-refractivity contribution in [2.75, 3.05) is 25.6 Å². The van der Waals surface area contributed by atoms with Crippen LogP contribution in [-0.2, 0) is 14.3 Å². The number of amides is 1. The molecule has 1 amide bonds. The summed E-state index contributed by atoms with van der Waals surface area (Å²) in [7, 11) is 1.54. The highest BCUT2D eigenvalue weighted by atomic mass is 16.6. The van der Waals surface area contributed by atoms with E-state index in [1.807, 2.05) is 32.0 Å². The zero-order valence-corrected chi connectivity index (χ0v) is 15.2. The number of ether oxygens (including phenoxy) is 3. The summed E-state index contributed by atoms with van der Waals surface area (Å²) in [5, 5.41) is 2.63. The van der Waals surface area contributed by atoms with Crippen LogP contribution in [0.4, 0.5) is 5.69 Å². The normalized spacial score (nSPS) is 10.3. The molecule has 0 unspecified atom stereocenters. The van der Waals surface area contributed by atoms with Crippen molar-refractivity contribution in [2.45, 2.75) is 19.8 Å². The van der Waals surface area contributed by atoms with Crippen molar-refractivity contribution < 1.29 is 23.8 Å². The molecule has 0 aromatic heterocycles. The minimum absolute atomic E-state index is 0.254. The summed E-state index contributed by atoms with van der Waals surface area (Å²) in [6.07, 6.45) is 0. The Morgan fingerprint density at radius 1 is 1.04 bits per heavy atom. The van der Waals surface area contributed by atoms with Gasteiger partial charge in [-0.05, 0) is 29.7 Å². The lowest BCUT2D eigenvalue weighted by Crippen LogP contribution is -2.23. The van der Waals surface area contributed by atoms with Crippen LogP contribution >= 0.6 is 0 Å². The molecule has 2 rings (SSSR count). The lowest BCUT2D eigenvalue weighted by atomic mass is 10.0. The Kier molecular flexibility index (Phi) is 7.02. The Hall–Kier alpha value is -3.02. The third-order valence-electron chi connectivity index (χ3n) is 3.60. The molecule has 6 heteroatoms. The summed E-state index contributed by atoms with van der Waals surface area (Å²) >= 11 is 0. The van der Waals surface area contributed by atoms with Crippen LogP contribution in [0.1, 0.15) is 25.3 Å². The summed E-state index contributed by atoms with van der Waals surface area (Å²) in [4.78, 5) is 23.7. The van der Waals surface area contributed by atoms with E-state index in [-0.39, 0.29) is 19.1 Å². The molecule has 0 radical (unpaired) electrons. The van der Waals surface area contributed by atoms with E-state index in [0.717, 1.165) is 5.56 Å². The first kappa shape index (κ1) is 19.3. The molecule has 0 saturated heterocycles. The molecule has 2 aromatic rings. The van der Waals surface area contributed by atoms with Crippen LogP contribution in [0.25, 0.3) is 0 Å². The molecule has 0 heterocycles. The van der Waals surface area contributed by atoms with E-state index in [1.54, 1.807) is 37.4 Å². The first-order valence-electron chi connectivity index (χ1n) is 8.31. The zero-order chi connectivity index (χ0) is 18.9. The summed E-state index contributed by atoms with van der Waals surface area (Å²) in [6, 6.07) is 14.4. The van der Waals surface area contributed by atoms with Gasteiger partial charge in [0.25, 0.3) is 5.91 Å². The average Bonchev–Trinajstić information content (AvgIpc) is 2.65. The van der Waals surface area contributed by atoms with Gasteiger partial charge in [-0.25, -0.2) is 4.79 Å². The Labute approximate surface area is 153 Å². The molecule has 6 nitrogen and oxygen atoms in total. The van der Waals surface area contributed by atoms with E-state index in [0.29, 0.717) is 17.2 Å². The van der Waals surface area contributed by atoms with Crippen LogP contribution < -0.4 is 14.8 Å². The Morgan fingerprint density at radius 2 is 1.81 bits per heavy atom. The minimum Gasteiger partial charge on any atom is -0.497 e. The van der Waals surface area contributed by atoms with Crippen molar-refractivity contribution in [3.63, 3.8) is 0 Å². The summed E-state index contributed by atoms with van der Waals surface area (Å²) in [5.41, 5.74) is 1.57. The Bertz CT molecular complexity index is 757. The second-order valence-electron chi connectivity index (χ2n) is 5.92.